The largest absolute Gasteiger partial charge is 0.484 e. The molecule has 0 saturated heterocycles. The summed E-state index contributed by atoms with van der Waals surface area (Å²) in [5.74, 6) is 0.889. The summed E-state index contributed by atoms with van der Waals surface area (Å²) in [6, 6.07) is 18.5. The maximum Gasteiger partial charge on any atom is 0.136 e. The van der Waals surface area contributed by atoms with Crippen molar-refractivity contribution >= 4 is 0 Å². The van der Waals surface area contributed by atoms with E-state index in [1.165, 1.54) is 11.1 Å². The molecule has 0 amide bonds. The molecule has 0 bridgehead atoms. The molecular weight excluding hydrogens is 262 g/mol. The van der Waals surface area contributed by atoms with Gasteiger partial charge in [-0.1, -0.05) is 42.5 Å². The van der Waals surface area contributed by atoms with Crippen LogP contribution in [0.1, 0.15) is 17.2 Å². The van der Waals surface area contributed by atoms with E-state index in [1.807, 2.05) is 37.4 Å². The average Bonchev–Trinajstić information content (AvgIpc) is 2.54. The molecule has 0 fully saturated rings. The highest BCUT2D eigenvalue weighted by atomic mass is 16.5. The molecule has 0 spiro atoms. The zero-order valence-electron chi connectivity index (χ0n) is 12.7. The molecule has 21 heavy (non-hydrogen) atoms. The van der Waals surface area contributed by atoms with Gasteiger partial charge in [0, 0.05) is 13.7 Å². The number of likely N-dealkylation sites (N-methyl/N-ethyl adjacent to an activating group) is 1. The second-order valence-electron chi connectivity index (χ2n) is 4.96. The minimum absolute atomic E-state index is 0.0148. The zero-order valence-corrected chi connectivity index (χ0v) is 12.7. The van der Waals surface area contributed by atoms with Crippen LogP contribution in [0, 0.1) is 0 Å². The van der Waals surface area contributed by atoms with Gasteiger partial charge < -0.3 is 14.8 Å². The van der Waals surface area contributed by atoms with Gasteiger partial charge in [0.05, 0.1) is 6.61 Å². The highest BCUT2D eigenvalue weighted by molar-refractivity contribution is 5.29. The maximum atomic E-state index is 6.11. The molecule has 2 rings (SSSR count). The number of nitrogens with one attached hydrogen (secondary N) is 1. The van der Waals surface area contributed by atoms with Gasteiger partial charge in [-0.3, -0.25) is 0 Å². The molecule has 3 heteroatoms. The molecule has 1 atom stereocenters. The third-order valence-electron chi connectivity index (χ3n) is 3.36. The monoisotopic (exact) mass is 285 g/mol. The summed E-state index contributed by atoms with van der Waals surface area (Å²) >= 11 is 0. The van der Waals surface area contributed by atoms with Gasteiger partial charge in [-0.15, -0.1) is 0 Å². The number of hydrogen-bond acceptors (Lipinski definition) is 3. The fraction of sp³-hybridized carbons (Fsp3) is 0.333. The van der Waals surface area contributed by atoms with Crippen LogP contribution in [0.4, 0.5) is 0 Å². The lowest BCUT2D eigenvalue weighted by Gasteiger charge is -2.19. The molecule has 0 aromatic heterocycles. The summed E-state index contributed by atoms with van der Waals surface area (Å²) in [6.07, 6.45) is 0.941. The lowest BCUT2D eigenvalue weighted by Crippen LogP contribution is -2.21. The van der Waals surface area contributed by atoms with E-state index in [1.54, 1.807) is 7.11 Å². The average molecular weight is 285 g/mol. The Hall–Kier alpha value is -1.84. The summed E-state index contributed by atoms with van der Waals surface area (Å²) in [6.45, 7) is 1.52. The van der Waals surface area contributed by atoms with E-state index in [9.17, 15) is 0 Å². The van der Waals surface area contributed by atoms with Crippen LogP contribution < -0.4 is 10.1 Å². The second kappa shape index (κ2) is 8.45. The van der Waals surface area contributed by atoms with Crippen LogP contribution in [0.25, 0.3) is 0 Å². The van der Waals surface area contributed by atoms with E-state index in [-0.39, 0.29) is 6.10 Å². The highest BCUT2D eigenvalue weighted by Crippen LogP contribution is 2.22. The van der Waals surface area contributed by atoms with Crippen molar-refractivity contribution in [3.63, 3.8) is 0 Å². The number of benzene rings is 2. The molecule has 0 radical (unpaired) electrons. The summed E-state index contributed by atoms with van der Waals surface area (Å²) in [5, 5.41) is 3.18. The molecule has 1 unspecified atom stereocenters. The Kier molecular flexibility index (Phi) is 6.25. The molecule has 2 aromatic carbocycles. The van der Waals surface area contributed by atoms with Gasteiger partial charge in [0.2, 0.25) is 0 Å². The lowest BCUT2D eigenvalue weighted by atomic mass is 10.1. The summed E-state index contributed by atoms with van der Waals surface area (Å²) in [4.78, 5) is 0. The fourth-order valence-corrected chi connectivity index (χ4v) is 2.20. The third kappa shape index (κ3) is 4.88. The Morgan fingerprint density at radius 2 is 1.71 bits per heavy atom. The van der Waals surface area contributed by atoms with Crippen LogP contribution in [-0.2, 0) is 11.2 Å². The van der Waals surface area contributed by atoms with Crippen molar-refractivity contribution in [2.24, 2.45) is 0 Å². The first-order valence-electron chi connectivity index (χ1n) is 7.27. The molecule has 0 aliphatic heterocycles. The Morgan fingerprint density at radius 3 is 2.33 bits per heavy atom. The molecule has 0 aliphatic carbocycles. The van der Waals surface area contributed by atoms with E-state index in [0.717, 1.165) is 25.3 Å². The van der Waals surface area contributed by atoms with E-state index in [0.29, 0.717) is 0 Å². The minimum Gasteiger partial charge on any atom is -0.484 e. The van der Waals surface area contributed by atoms with Gasteiger partial charge >= 0.3 is 0 Å². The minimum atomic E-state index is 0.0148. The highest BCUT2D eigenvalue weighted by Gasteiger charge is 2.12. The van der Waals surface area contributed by atoms with Crippen molar-refractivity contribution in [3.8, 4) is 5.75 Å². The van der Waals surface area contributed by atoms with Crippen LogP contribution in [-0.4, -0.2) is 27.3 Å². The Morgan fingerprint density at radius 1 is 1.00 bits per heavy atom. The Bertz CT molecular complexity index is 511. The van der Waals surface area contributed by atoms with Crippen molar-refractivity contribution in [2.75, 3.05) is 27.3 Å². The molecule has 0 aliphatic rings. The number of ether oxygens (including phenoxy) is 2. The quantitative estimate of drug-likeness (QED) is 0.808. The smallest absolute Gasteiger partial charge is 0.136 e. The number of rotatable bonds is 8. The first kappa shape index (κ1) is 15.5. The second-order valence-corrected chi connectivity index (χ2v) is 4.96. The number of hydrogen-bond donors (Lipinski definition) is 1. The predicted molar refractivity (Wildman–Crippen MR) is 85.8 cm³/mol. The molecule has 1 N–H and O–H groups in total. The molecule has 2 aromatic rings. The van der Waals surface area contributed by atoms with Crippen molar-refractivity contribution in [2.45, 2.75) is 12.5 Å². The first-order valence-corrected chi connectivity index (χ1v) is 7.27. The SMILES string of the molecule is CNCC(Oc1ccc(CCOC)cc1)c1ccccc1. The van der Waals surface area contributed by atoms with Crippen LogP contribution >= 0.6 is 0 Å². The topological polar surface area (TPSA) is 30.5 Å². The van der Waals surface area contributed by atoms with Gasteiger partial charge in [0.25, 0.3) is 0 Å². The Balaban J connectivity index is 2.03. The molecule has 3 nitrogen and oxygen atoms in total. The van der Waals surface area contributed by atoms with Crippen molar-refractivity contribution in [3.05, 3.63) is 65.7 Å². The van der Waals surface area contributed by atoms with E-state index in [2.05, 4.69) is 29.6 Å². The van der Waals surface area contributed by atoms with E-state index in [4.69, 9.17) is 9.47 Å². The third-order valence-corrected chi connectivity index (χ3v) is 3.36. The first-order chi connectivity index (χ1) is 10.3. The van der Waals surface area contributed by atoms with E-state index >= 15 is 0 Å². The molecule has 112 valence electrons. The van der Waals surface area contributed by atoms with Crippen LogP contribution in [0.15, 0.2) is 54.6 Å². The lowest BCUT2D eigenvalue weighted by molar-refractivity contribution is 0.201. The molecular formula is C18H23NO2. The Labute approximate surface area is 126 Å². The van der Waals surface area contributed by atoms with Gasteiger partial charge in [0.1, 0.15) is 11.9 Å². The van der Waals surface area contributed by atoms with Gasteiger partial charge in [-0.25, -0.2) is 0 Å². The van der Waals surface area contributed by atoms with Crippen LogP contribution in [0.5, 0.6) is 5.75 Å². The maximum absolute atomic E-state index is 6.11. The molecule has 0 heterocycles. The van der Waals surface area contributed by atoms with Gasteiger partial charge in [-0.2, -0.15) is 0 Å². The summed E-state index contributed by atoms with van der Waals surface area (Å²) in [7, 11) is 3.66. The summed E-state index contributed by atoms with van der Waals surface area (Å²) in [5.41, 5.74) is 2.43. The fourth-order valence-electron chi connectivity index (χ4n) is 2.20. The van der Waals surface area contributed by atoms with Crippen molar-refractivity contribution < 1.29 is 9.47 Å². The van der Waals surface area contributed by atoms with Gasteiger partial charge in [-0.05, 0) is 36.7 Å². The van der Waals surface area contributed by atoms with Crippen molar-refractivity contribution in [1.29, 1.82) is 0 Å². The van der Waals surface area contributed by atoms with Crippen LogP contribution in [0.2, 0.25) is 0 Å². The van der Waals surface area contributed by atoms with E-state index < -0.39 is 0 Å². The normalized spacial score (nSPS) is 12.1. The predicted octanol–water partition coefficient (Wildman–Crippen LogP) is 3.22. The van der Waals surface area contributed by atoms with Crippen molar-refractivity contribution in [1.82, 2.24) is 5.32 Å². The molecule has 0 saturated carbocycles. The van der Waals surface area contributed by atoms with Gasteiger partial charge in [0.15, 0.2) is 0 Å². The van der Waals surface area contributed by atoms with Crippen LogP contribution in [0.3, 0.4) is 0 Å². The standard InChI is InChI=1S/C18H23NO2/c1-19-14-18(16-6-4-3-5-7-16)21-17-10-8-15(9-11-17)12-13-20-2/h3-11,18-19H,12-14H2,1-2H3. The number of methoxy groups -OCH3 is 1. The summed E-state index contributed by atoms with van der Waals surface area (Å²) < 4.78 is 11.2. The zero-order chi connectivity index (χ0) is 14.9.